The maximum absolute atomic E-state index is 10.9. The first-order valence-corrected chi connectivity index (χ1v) is 4.32. The topological polar surface area (TPSA) is 75.4 Å². The fraction of sp³-hybridized carbons (Fsp3) is 0.333. The molecule has 0 aliphatic carbocycles. The quantitative estimate of drug-likeness (QED) is 0.435. The van der Waals surface area contributed by atoms with Gasteiger partial charge in [0.15, 0.2) is 0 Å². The van der Waals surface area contributed by atoms with E-state index >= 15 is 0 Å². The molecule has 76 valence electrons. The molecule has 5 heteroatoms. The molecule has 0 aromatic heterocycles. The summed E-state index contributed by atoms with van der Waals surface area (Å²) >= 11 is 0. The van der Waals surface area contributed by atoms with Gasteiger partial charge in [-0.2, -0.15) is 0 Å². The van der Waals surface area contributed by atoms with Gasteiger partial charge in [0, 0.05) is 25.2 Å². The Labute approximate surface area is 82.2 Å². The molecule has 1 heterocycles. The van der Waals surface area contributed by atoms with Crippen LogP contribution in [0.1, 0.15) is 0 Å². The van der Waals surface area contributed by atoms with E-state index in [0.29, 0.717) is 31.6 Å². The summed E-state index contributed by atoms with van der Waals surface area (Å²) in [7, 11) is 0. The predicted octanol–water partition coefficient (Wildman–Crippen LogP) is -1.03. The number of rotatable bonds is 5. The molecule has 14 heavy (non-hydrogen) atoms. The van der Waals surface area contributed by atoms with Gasteiger partial charge in [-0.1, -0.05) is 6.08 Å². The summed E-state index contributed by atoms with van der Waals surface area (Å²) < 4.78 is 0. The van der Waals surface area contributed by atoms with Gasteiger partial charge in [0.25, 0.3) is 0 Å². The Hall–Kier alpha value is -1.78. The van der Waals surface area contributed by atoms with Crippen LogP contribution in [0.15, 0.2) is 23.9 Å². The number of amides is 2. The van der Waals surface area contributed by atoms with Gasteiger partial charge in [0.05, 0.1) is 0 Å². The van der Waals surface area contributed by atoms with Gasteiger partial charge in [-0.15, -0.1) is 0 Å². The van der Waals surface area contributed by atoms with Crippen LogP contribution in [0.4, 0.5) is 0 Å². The summed E-state index contributed by atoms with van der Waals surface area (Å²) in [5, 5.41) is 2.55. The van der Waals surface area contributed by atoms with Gasteiger partial charge in [-0.05, 0) is 12.3 Å². The average Bonchev–Trinajstić information content (AvgIpc) is 2.19. The minimum atomic E-state index is -0.400. The molecule has 0 spiro atoms. The molecular formula is C9H13N3O2. The molecule has 0 bridgehead atoms. The van der Waals surface area contributed by atoms with Gasteiger partial charge in [0.1, 0.15) is 0 Å². The van der Waals surface area contributed by atoms with Crippen molar-refractivity contribution in [2.75, 3.05) is 19.6 Å². The fourth-order valence-corrected chi connectivity index (χ4v) is 1.19. The highest BCUT2D eigenvalue weighted by Gasteiger charge is 2.10. The Morgan fingerprint density at radius 1 is 1.71 bits per heavy atom. The number of carbonyl (C=O) groups excluding carboxylic acids is 2. The third-order valence-electron chi connectivity index (χ3n) is 1.91. The molecular weight excluding hydrogens is 182 g/mol. The van der Waals surface area contributed by atoms with Crippen LogP contribution in [-0.2, 0) is 9.59 Å². The minimum absolute atomic E-state index is 0.400. The Bertz CT molecular complexity index is 284. The molecule has 0 aromatic carbocycles. The number of nitrogens with two attached hydrogens (primary N) is 1. The zero-order chi connectivity index (χ0) is 10.4. The van der Waals surface area contributed by atoms with E-state index in [9.17, 15) is 9.59 Å². The van der Waals surface area contributed by atoms with Crippen LogP contribution in [0.25, 0.3) is 0 Å². The maximum atomic E-state index is 10.9. The standard InChI is InChI=1S/C9H13N3O2/c10-9(14)8-2-1-4-12(6-8)5-3-11-7-13/h1-2,4,7H,3,5-6H2,(H2,10,14)(H,11,13). The summed E-state index contributed by atoms with van der Waals surface area (Å²) in [5.74, 6) is -0.400. The van der Waals surface area contributed by atoms with E-state index in [0.717, 1.165) is 0 Å². The molecule has 0 atom stereocenters. The number of nitrogens with one attached hydrogen (secondary N) is 1. The first kappa shape index (κ1) is 10.3. The first-order valence-electron chi connectivity index (χ1n) is 4.32. The van der Waals surface area contributed by atoms with E-state index in [1.54, 1.807) is 12.2 Å². The van der Waals surface area contributed by atoms with Crippen molar-refractivity contribution in [3.05, 3.63) is 23.9 Å². The largest absolute Gasteiger partial charge is 0.371 e. The minimum Gasteiger partial charge on any atom is -0.371 e. The molecule has 2 amide bonds. The lowest BCUT2D eigenvalue weighted by Gasteiger charge is -2.22. The van der Waals surface area contributed by atoms with Crippen molar-refractivity contribution in [1.29, 1.82) is 0 Å². The van der Waals surface area contributed by atoms with E-state index < -0.39 is 5.91 Å². The third-order valence-corrected chi connectivity index (χ3v) is 1.91. The van der Waals surface area contributed by atoms with Crippen molar-refractivity contribution in [3.63, 3.8) is 0 Å². The number of hydrogen-bond acceptors (Lipinski definition) is 3. The Balaban J connectivity index is 2.38. The molecule has 3 N–H and O–H groups in total. The highest BCUT2D eigenvalue weighted by molar-refractivity contribution is 5.92. The van der Waals surface area contributed by atoms with E-state index in [4.69, 9.17) is 5.73 Å². The van der Waals surface area contributed by atoms with Gasteiger partial charge < -0.3 is 16.0 Å². The summed E-state index contributed by atoms with van der Waals surface area (Å²) in [5.41, 5.74) is 5.73. The van der Waals surface area contributed by atoms with Gasteiger partial charge in [-0.25, -0.2) is 0 Å². The lowest BCUT2D eigenvalue weighted by Crippen LogP contribution is -2.33. The zero-order valence-corrected chi connectivity index (χ0v) is 7.77. The zero-order valence-electron chi connectivity index (χ0n) is 7.77. The summed E-state index contributed by atoms with van der Waals surface area (Å²) in [6.45, 7) is 1.73. The molecule has 0 saturated heterocycles. The van der Waals surface area contributed by atoms with Crippen LogP contribution in [0.5, 0.6) is 0 Å². The second-order valence-electron chi connectivity index (χ2n) is 2.94. The number of primary amides is 1. The second kappa shape index (κ2) is 5.06. The van der Waals surface area contributed by atoms with Crippen LogP contribution in [0.2, 0.25) is 0 Å². The summed E-state index contributed by atoms with van der Waals surface area (Å²) in [6.07, 6.45) is 5.98. The maximum Gasteiger partial charge on any atom is 0.246 e. The molecule has 1 aliphatic rings. The van der Waals surface area contributed by atoms with Crippen molar-refractivity contribution in [3.8, 4) is 0 Å². The lowest BCUT2D eigenvalue weighted by molar-refractivity contribution is -0.115. The van der Waals surface area contributed by atoms with Crippen LogP contribution in [0.3, 0.4) is 0 Å². The Morgan fingerprint density at radius 2 is 2.50 bits per heavy atom. The monoisotopic (exact) mass is 195 g/mol. The Morgan fingerprint density at radius 3 is 3.14 bits per heavy atom. The second-order valence-corrected chi connectivity index (χ2v) is 2.94. The number of carbonyl (C=O) groups is 2. The van der Waals surface area contributed by atoms with Crippen LogP contribution in [0, 0.1) is 0 Å². The summed E-state index contributed by atoms with van der Waals surface area (Å²) in [4.78, 5) is 22.8. The first-order chi connectivity index (χ1) is 6.74. The van der Waals surface area contributed by atoms with Gasteiger partial charge in [-0.3, -0.25) is 9.59 Å². The molecule has 0 radical (unpaired) electrons. The van der Waals surface area contributed by atoms with Crippen LogP contribution >= 0.6 is 0 Å². The molecule has 0 fully saturated rings. The van der Waals surface area contributed by atoms with Crippen molar-refractivity contribution in [2.24, 2.45) is 5.73 Å². The van der Waals surface area contributed by atoms with Crippen molar-refractivity contribution in [2.45, 2.75) is 0 Å². The van der Waals surface area contributed by atoms with E-state index in [1.807, 2.05) is 11.1 Å². The smallest absolute Gasteiger partial charge is 0.246 e. The Kier molecular flexibility index (Phi) is 3.72. The molecule has 1 aliphatic heterocycles. The lowest BCUT2D eigenvalue weighted by atomic mass is 10.2. The van der Waals surface area contributed by atoms with Crippen LogP contribution < -0.4 is 11.1 Å². The molecule has 5 nitrogen and oxygen atoms in total. The molecule has 0 unspecified atom stereocenters. The highest BCUT2D eigenvalue weighted by Crippen LogP contribution is 2.05. The average molecular weight is 195 g/mol. The number of hydrogen-bond donors (Lipinski definition) is 2. The molecule has 1 rings (SSSR count). The third kappa shape index (κ3) is 2.93. The fourth-order valence-electron chi connectivity index (χ4n) is 1.19. The van der Waals surface area contributed by atoms with Crippen molar-refractivity contribution >= 4 is 12.3 Å². The van der Waals surface area contributed by atoms with Gasteiger partial charge >= 0.3 is 0 Å². The summed E-state index contributed by atoms with van der Waals surface area (Å²) in [6, 6.07) is 0. The predicted molar refractivity (Wildman–Crippen MR) is 52.1 cm³/mol. The van der Waals surface area contributed by atoms with Crippen molar-refractivity contribution in [1.82, 2.24) is 10.2 Å². The number of nitrogens with zero attached hydrogens (tertiary/aromatic N) is 1. The highest BCUT2D eigenvalue weighted by atomic mass is 16.1. The van der Waals surface area contributed by atoms with E-state index in [2.05, 4.69) is 5.32 Å². The SMILES string of the molecule is NC(=O)C1=CC=CN(CCNC=O)C1. The molecule has 0 saturated carbocycles. The number of allylic oxidation sites excluding steroid dienone is 2. The van der Waals surface area contributed by atoms with Crippen LogP contribution in [-0.4, -0.2) is 36.9 Å². The van der Waals surface area contributed by atoms with Gasteiger partial charge in [0.2, 0.25) is 12.3 Å². The van der Waals surface area contributed by atoms with E-state index in [-0.39, 0.29) is 0 Å². The van der Waals surface area contributed by atoms with Crippen molar-refractivity contribution < 1.29 is 9.59 Å². The normalized spacial score (nSPS) is 14.9. The van der Waals surface area contributed by atoms with E-state index in [1.165, 1.54) is 0 Å². The molecule has 0 aromatic rings.